The number of benzene rings is 2. The zero-order chi connectivity index (χ0) is 21.2. The molecule has 7 heteroatoms. The fraction of sp³-hybridized carbons (Fsp3) is 0.435. The first-order valence-corrected chi connectivity index (χ1v) is 11.9. The summed E-state index contributed by atoms with van der Waals surface area (Å²) in [5.74, 6) is 0.505. The molecule has 0 radical (unpaired) electrons. The third-order valence-electron chi connectivity index (χ3n) is 6.11. The van der Waals surface area contributed by atoms with E-state index in [1.165, 1.54) is 25.6 Å². The van der Waals surface area contributed by atoms with Crippen molar-refractivity contribution in [2.75, 3.05) is 13.6 Å². The van der Waals surface area contributed by atoms with Crippen molar-refractivity contribution < 1.29 is 17.9 Å². The molecular formula is C23H28N2O4S. The summed E-state index contributed by atoms with van der Waals surface area (Å²) in [6.07, 6.45) is 6.14. The molecule has 0 bridgehead atoms. The Hall–Kier alpha value is -2.38. The lowest BCUT2D eigenvalue weighted by atomic mass is 9.77. The van der Waals surface area contributed by atoms with Crippen molar-refractivity contribution in [3.63, 3.8) is 0 Å². The van der Waals surface area contributed by atoms with E-state index in [1.54, 1.807) is 18.2 Å². The third-order valence-corrected chi connectivity index (χ3v) is 7.93. The lowest BCUT2D eigenvalue weighted by Crippen LogP contribution is -2.48. The Morgan fingerprint density at radius 2 is 1.73 bits per heavy atom. The molecule has 1 aliphatic heterocycles. The zero-order valence-corrected chi connectivity index (χ0v) is 18.0. The van der Waals surface area contributed by atoms with Crippen LogP contribution < -0.4 is 10.1 Å². The summed E-state index contributed by atoms with van der Waals surface area (Å²) < 4.78 is 33.0. The second-order valence-electron chi connectivity index (χ2n) is 8.28. The highest BCUT2D eigenvalue weighted by Crippen LogP contribution is 2.46. The van der Waals surface area contributed by atoms with Crippen molar-refractivity contribution in [3.05, 3.63) is 60.2 Å². The first-order chi connectivity index (χ1) is 14.4. The number of hydrogen-bond donors (Lipinski definition) is 1. The van der Waals surface area contributed by atoms with E-state index in [9.17, 15) is 13.2 Å². The van der Waals surface area contributed by atoms with E-state index in [0.29, 0.717) is 6.42 Å². The minimum absolute atomic E-state index is 0.179. The molecule has 1 N–H and O–H groups in total. The lowest BCUT2D eigenvalue weighted by molar-refractivity contribution is -0.122. The van der Waals surface area contributed by atoms with Gasteiger partial charge in [-0.2, -0.15) is 4.31 Å². The van der Waals surface area contributed by atoms with Gasteiger partial charge in [0.1, 0.15) is 11.4 Å². The van der Waals surface area contributed by atoms with Crippen LogP contribution in [0.2, 0.25) is 0 Å². The molecule has 1 heterocycles. The molecule has 160 valence electrons. The average Bonchev–Trinajstić information content (AvgIpc) is 2.74. The number of carbonyl (C=O) groups is 1. The van der Waals surface area contributed by atoms with Gasteiger partial charge in [-0.25, -0.2) is 8.42 Å². The minimum Gasteiger partial charge on any atom is -0.487 e. The zero-order valence-electron chi connectivity index (χ0n) is 17.2. The van der Waals surface area contributed by atoms with Crippen molar-refractivity contribution in [2.45, 2.75) is 55.1 Å². The summed E-state index contributed by atoms with van der Waals surface area (Å²) in [5.41, 5.74) is 0.711. The highest BCUT2D eigenvalue weighted by atomic mass is 32.2. The standard InChI is InChI=1S/C23H28N2O4S/c1-25(30(27,28)18-10-4-2-5-11-18)17-22(26)24-20-16-23(14-8-3-9-15-23)29-21-13-7-6-12-19(20)21/h2,4-7,10-13,20H,3,8-9,14-17H2,1H3,(H,24,26)/t20-/m1/s1. The van der Waals surface area contributed by atoms with Crippen LogP contribution >= 0.6 is 0 Å². The van der Waals surface area contributed by atoms with Crippen LogP contribution in [0, 0.1) is 0 Å². The van der Waals surface area contributed by atoms with Gasteiger partial charge in [0.05, 0.1) is 17.5 Å². The quantitative estimate of drug-likeness (QED) is 0.789. The molecule has 2 aromatic carbocycles. The molecule has 2 aliphatic rings. The van der Waals surface area contributed by atoms with Crippen LogP contribution in [0.1, 0.15) is 50.1 Å². The molecule has 6 nitrogen and oxygen atoms in total. The molecule has 0 aromatic heterocycles. The maximum absolute atomic E-state index is 12.8. The molecule has 1 saturated carbocycles. The van der Waals surface area contributed by atoms with Gasteiger partial charge in [0.25, 0.3) is 0 Å². The van der Waals surface area contributed by atoms with Gasteiger partial charge < -0.3 is 10.1 Å². The van der Waals surface area contributed by atoms with Crippen molar-refractivity contribution in [1.29, 1.82) is 0 Å². The van der Waals surface area contributed by atoms with E-state index in [1.807, 2.05) is 24.3 Å². The summed E-state index contributed by atoms with van der Waals surface area (Å²) in [6.45, 7) is -0.232. The van der Waals surface area contributed by atoms with Gasteiger partial charge in [-0.05, 0) is 43.9 Å². The summed E-state index contributed by atoms with van der Waals surface area (Å²) in [4.78, 5) is 13.0. The summed E-state index contributed by atoms with van der Waals surface area (Å²) in [5, 5.41) is 3.08. The smallest absolute Gasteiger partial charge is 0.243 e. The highest BCUT2D eigenvalue weighted by molar-refractivity contribution is 7.89. The van der Waals surface area contributed by atoms with Gasteiger partial charge in [-0.3, -0.25) is 4.79 Å². The molecule has 4 rings (SSSR count). The second-order valence-corrected chi connectivity index (χ2v) is 10.3. The Labute approximate surface area is 178 Å². The number of para-hydroxylation sites is 1. The topological polar surface area (TPSA) is 75.7 Å². The fourth-order valence-corrected chi connectivity index (χ4v) is 5.70. The number of carbonyl (C=O) groups excluding carboxylic acids is 1. The number of sulfonamides is 1. The molecule has 0 unspecified atom stereocenters. The third kappa shape index (κ3) is 4.23. The number of fused-ring (bicyclic) bond motifs is 1. The predicted molar refractivity (Wildman–Crippen MR) is 115 cm³/mol. The van der Waals surface area contributed by atoms with Crippen molar-refractivity contribution in [2.24, 2.45) is 0 Å². The SMILES string of the molecule is CN(CC(=O)N[C@@H]1CC2(CCCCC2)Oc2ccccc21)S(=O)(=O)c1ccccc1. The van der Waals surface area contributed by atoms with Gasteiger partial charge in [-0.1, -0.05) is 42.8 Å². The number of amides is 1. The number of ether oxygens (including phenoxy) is 1. The van der Waals surface area contributed by atoms with E-state index >= 15 is 0 Å². The molecule has 30 heavy (non-hydrogen) atoms. The minimum atomic E-state index is -3.71. The average molecular weight is 429 g/mol. The number of hydrogen-bond acceptors (Lipinski definition) is 4. The summed E-state index contributed by atoms with van der Waals surface area (Å²) >= 11 is 0. The van der Waals surface area contributed by atoms with Crippen LogP contribution in [0.25, 0.3) is 0 Å². The molecular weight excluding hydrogens is 400 g/mol. The molecule has 2 aromatic rings. The highest BCUT2D eigenvalue weighted by Gasteiger charge is 2.42. The first kappa shape index (κ1) is 20.9. The molecule has 0 saturated heterocycles. The Bertz CT molecular complexity index is 1000. The second kappa shape index (κ2) is 8.40. The molecule has 1 spiro atoms. The van der Waals surface area contributed by atoms with E-state index in [4.69, 9.17) is 4.74 Å². The van der Waals surface area contributed by atoms with Gasteiger partial charge in [0.2, 0.25) is 15.9 Å². The van der Waals surface area contributed by atoms with Crippen LogP contribution in [0.4, 0.5) is 0 Å². The van der Waals surface area contributed by atoms with Crippen molar-refractivity contribution >= 4 is 15.9 Å². The molecule has 1 amide bonds. The Kier molecular flexibility index (Phi) is 5.84. The van der Waals surface area contributed by atoms with Crippen molar-refractivity contribution in [3.8, 4) is 5.75 Å². The normalized spacial score (nSPS) is 20.4. The molecule has 1 atom stereocenters. The fourth-order valence-electron chi connectivity index (χ4n) is 4.55. The maximum atomic E-state index is 12.8. The van der Waals surface area contributed by atoms with Crippen LogP contribution in [-0.4, -0.2) is 37.8 Å². The van der Waals surface area contributed by atoms with Gasteiger partial charge >= 0.3 is 0 Å². The largest absolute Gasteiger partial charge is 0.487 e. The maximum Gasteiger partial charge on any atom is 0.243 e. The monoisotopic (exact) mass is 428 g/mol. The number of nitrogens with one attached hydrogen (secondary N) is 1. The predicted octanol–water partition coefficient (Wildman–Crippen LogP) is 3.65. The molecule has 1 fully saturated rings. The van der Waals surface area contributed by atoms with Crippen molar-refractivity contribution in [1.82, 2.24) is 9.62 Å². The van der Waals surface area contributed by atoms with Gasteiger partial charge in [-0.15, -0.1) is 0 Å². The van der Waals surface area contributed by atoms with E-state index in [0.717, 1.165) is 41.3 Å². The Balaban J connectivity index is 1.49. The number of likely N-dealkylation sites (N-methyl/N-ethyl adjacent to an activating group) is 1. The number of nitrogens with zero attached hydrogens (tertiary/aromatic N) is 1. The van der Waals surface area contributed by atoms with Crippen LogP contribution in [0.15, 0.2) is 59.5 Å². The summed E-state index contributed by atoms with van der Waals surface area (Å²) in [7, 11) is -2.28. The first-order valence-electron chi connectivity index (χ1n) is 10.5. The van der Waals surface area contributed by atoms with E-state index in [-0.39, 0.29) is 29.0 Å². The Morgan fingerprint density at radius 3 is 2.47 bits per heavy atom. The van der Waals surface area contributed by atoms with Crippen LogP contribution in [0.3, 0.4) is 0 Å². The van der Waals surface area contributed by atoms with Crippen LogP contribution in [0.5, 0.6) is 5.75 Å². The van der Waals surface area contributed by atoms with E-state index < -0.39 is 10.0 Å². The lowest BCUT2D eigenvalue weighted by Gasteiger charge is -2.44. The Morgan fingerprint density at radius 1 is 1.07 bits per heavy atom. The van der Waals surface area contributed by atoms with Gasteiger partial charge in [0, 0.05) is 19.0 Å². The summed E-state index contributed by atoms with van der Waals surface area (Å²) in [6, 6.07) is 15.8. The van der Waals surface area contributed by atoms with Crippen LogP contribution in [-0.2, 0) is 14.8 Å². The van der Waals surface area contributed by atoms with E-state index in [2.05, 4.69) is 5.32 Å². The molecule has 1 aliphatic carbocycles. The number of rotatable bonds is 5. The van der Waals surface area contributed by atoms with Gasteiger partial charge in [0.15, 0.2) is 0 Å².